The molecule has 1 aromatic rings. The zero-order chi connectivity index (χ0) is 13.0. The van der Waals surface area contributed by atoms with Gasteiger partial charge >= 0.3 is 0 Å². The van der Waals surface area contributed by atoms with Crippen LogP contribution in [0.1, 0.15) is 12.8 Å². The van der Waals surface area contributed by atoms with Gasteiger partial charge in [-0.25, -0.2) is 4.98 Å². The number of aromatic nitrogens is 2. The summed E-state index contributed by atoms with van der Waals surface area (Å²) < 4.78 is 4.98. The number of amides is 1. The van der Waals surface area contributed by atoms with Crippen LogP contribution < -0.4 is 21.1 Å². The topological polar surface area (TPSA) is 102 Å². The molecule has 1 aromatic heterocycles. The Morgan fingerprint density at radius 2 is 2.28 bits per heavy atom. The molecule has 7 heteroatoms. The SMILES string of the molecule is COc1ncnc(NCCNC(=O)C2CC2)c1N. The number of anilines is 2. The molecule has 2 rings (SSSR count). The second kappa shape index (κ2) is 5.52. The summed E-state index contributed by atoms with van der Waals surface area (Å²) in [4.78, 5) is 19.3. The van der Waals surface area contributed by atoms with Crippen molar-refractivity contribution in [2.24, 2.45) is 5.92 Å². The van der Waals surface area contributed by atoms with Gasteiger partial charge in [-0.15, -0.1) is 0 Å². The van der Waals surface area contributed by atoms with Crippen LogP contribution in [0.4, 0.5) is 11.5 Å². The van der Waals surface area contributed by atoms with Crippen molar-refractivity contribution >= 4 is 17.4 Å². The number of nitrogens with zero attached hydrogens (tertiary/aromatic N) is 2. The fourth-order valence-electron chi connectivity index (χ4n) is 1.54. The average molecular weight is 251 g/mol. The minimum atomic E-state index is 0.130. The third-order valence-electron chi connectivity index (χ3n) is 2.71. The lowest BCUT2D eigenvalue weighted by molar-refractivity contribution is -0.122. The van der Waals surface area contributed by atoms with Crippen LogP contribution in [0.15, 0.2) is 6.33 Å². The van der Waals surface area contributed by atoms with E-state index in [1.54, 1.807) is 0 Å². The van der Waals surface area contributed by atoms with Crippen LogP contribution >= 0.6 is 0 Å². The van der Waals surface area contributed by atoms with Crippen molar-refractivity contribution in [3.05, 3.63) is 6.33 Å². The van der Waals surface area contributed by atoms with Crippen molar-refractivity contribution in [3.8, 4) is 5.88 Å². The molecule has 1 saturated carbocycles. The number of nitrogens with two attached hydrogens (primary N) is 1. The summed E-state index contributed by atoms with van der Waals surface area (Å²) in [6.45, 7) is 1.10. The number of carbonyl (C=O) groups excluding carboxylic acids is 1. The highest BCUT2D eigenvalue weighted by Crippen LogP contribution is 2.28. The molecule has 1 heterocycles. The van der Waals surface area contributed by atoms with Crippen molar-refractivity contribution in [3.63, 3.8) is 0 Å². The Morgan fingerprint density at radius 3 is 2.94 bits per heavy atom. The van der Waals surface area contributed by atoms with Gasteiger partial charge in [-0.2, -0.15) is 4.98 Å². The highest BCUT2D eigenvalue weighted by atomic mass is 16.5. The number of hydrogen-bond donors (Lipinski definition) is 3. The van der Waals surface area contributed by atoms with Crippen LogP contribution in [-0.2, 0) is 4.79 Å². The van der Waals surface area contributed by atoms with Gasteiger partial charge in [0.1, 0.15) is 12.0 Å². The third kappa shape index (κ3) is 2.99. The highest BCUT2D eigenvalue weighted by molar-refractivity contribution is 5.80. The van der Waals surface area contributed by atoms with E-state index < -0.39 is 0 Å². The lowest BCUT2D eigenvalue weighted by Gasteiger charge is -2.10. The molecule has 0 radical (unpaired) electrons. The zero-order valence-corrected chi connectivity index (χ0v) is 10.3. The molecule has 1 aliphatic rings. The van der Waals surface area contributed by atoms with Gasteiger partial charge < -0.3 is 21.1 Å². The summed E-state index contributed by atoms with van der Waals surface area (Å²) in [6, 6.07) is 0. The summed E-state index contributed by atoms with van der Waals surface area (Å²) in [7, 11) is 1.50. The zero-order valence-electron chi connectivity index (χ0n) is 10.3. The first-order valence-electron chi connectivity index (χ1n) is 5.88. The number of carbonyl (C=O) groups is 1. The van der Waals surface area contributed by atoms with E-state index >= 15 is 0 Å². The summed E-state index contributed by atoms with van der Waals surface area (Å²) in [6.07, 6.45) is 3.39. The molecule has 0 atom stereocenters. The maximum atomic E-state index is 11.4. The number of nitrogen functional groups attached to an aromatic ring is 1. The van der Waals surface area contributed by atoms with Gasteiger partial charge in [0, 0.05) is 19.0 Å². The Bertz CT molecular complexity index is 433. The number of ether oxygens (including phenoxy) is 1. The Balaban J connectivity index is 1.77. The summed E-state index contributed by atoms with van der Waals surface area (Å²) in [5.74, 6) is 1.22. The number of rotatable bonds is 6. The van der Waals surface area contributed by atoms with E-state index in [1.165, 1.54) is 13.4 Å². The monoisotopic (exact) mass is 251 g/mol. The molecule has 0 saturated heterocycles. The van der Waals surface area contributed by atoms with Crippen LogP contribution in [0.25, 0.3) is 0 Å². The molecule has 1 fully saturated rings. The van der Waals surface area contributed by atoms with Crippen molar-refractivity contribution in [2.45, 2.75) is 12.8 Å². The van der Waals surface area contributed by atoms with Crippen LogP contribution in [0, 0.1) is 5.92 Å². The Hall–Kier alpha value is -2.05. The second-order valence-corrected chi connectivity index (χ2v) is 4.14. The Kier molecular flexibility index (Phi) is 3.81. The van der Waals surface area contributed by atoms with Gasteiger partial charge in [-0.1, -0.05) is 0 Å². The van der Waals surface area contributed by atoms with Crippen molar-refractivity contribution in [1.29, 1.82) is 0 Å². The number of nitrogens with one attached hydrogen (secondary N) is 2. The number of hydrogen-bond acceptors (Lipinski definition) is 6. The average Bonchev–Trinajstić information content (AvgIpc) is 3.20. The summed E-state index contributed by atoms with van der Waals surface area (Å²) >= 11 is 0. The fourth-order valence-corrected chi connectivity index (χ4v) is 1.54. The van der Waals surface area contributed by atoms with Gasteiger partial charge in [0.05, 0.1) is 7.11 Å². The lowest BCUT2D eigenvalue weighted by atomic mass is 10.4. The normalized spacial score (nSPS) is 14.1. The van der Waals surface area contributed by atoms with Gasteiger partial charge in [0.2, 0.25) is 11.8 Å². The van der Waals surface area contributed by atoms with E-state index in [4.69, 9.17) is 10.5 Å². The summed E-state index contributed by atoms with van der Waals surface area (Å²) in [5, 5.41) is 5.88. The van der Waals surface area contributed by atoms with Crippen LogP contribution in [0.5, 0.6) is 5.88 Å². The molecule has 0 spiro atoms. The molecule has 18 heavy (non-hydrogen) atoms. The van der Waals surface area contributed by atoms with Crippen molar-refractivity contribution in [2.75, 3.05) is 31.2 Å². The quantitative estimate of drug-likeness (QED) is 0.615. The van der Waals surface area contributed by atoms with E-state index in [1.807, 2.05) is 0 Å². The second-order valence-electron chi connectivity index (χ2n) is 4.14. The Morgan fingerprint density at radius 1 is 1.50 bits per heavy atom. The third-order valence-corrected chi connectivity index (χ3v) is 2.71. The van der Waals surface area contributed by atoms with Crippen LogP contribution in [0.2, 0.25) is 0 Å². The van der Waals surface area contributed by atoms with Gasteiger partial charge in [-0.05, 0) is 12.8 Å². The molecule has 0 aliphatic heterocycles. The first-order valence-corrected chi connectivity index (χ1v) is 5.88. The number of methoxy groups -OCH3 is 1. The predicted octanol–water partition coefficient (Wildman–Crippen LogP) is 0.00550. The van der Waals surface area contributed by atoms with E-state index in [-0.39, 0.29) is 11.8 Å². The molecule has 4 N–H and O–H groups in total. The minimum absolute atomic E-state index is 0.130. The van der Waals surface area contributed by atoms with Crippen LogP contribution in [0.3, 0.4) is 0 Å². The lowest BCUT2D eigenvalue weighted by Crippen LogP contribution is -2.30. The fraction of sp³-hybridized carbons (Fsp3) is 0.545. The smallest absolute Gasteiger partial charge is 0.242 e. The minimum Gasteiger partial charge on any atom is -0.479 e. The molecule has 7 nitrogen and oxygen atoms in total. The van der Waals surface area contributed by atoms with E-state index in [9.17, 15) is 4.79 Å². The van der Waals surface area contributed by atoms with E-state index in [0.29, 0.717) is 30.5 Å². The molecular weight excluding hydrogens is 234 g/mol. The van der Waals surface area contributed by atoms with E-state index in [2.05, 4.69) is 20.6 Å². The molecular formula is C11H17N5O2. The van der Waals surface area contributed by atoms with Gasteiger partial charge in [0.15, 0.2) is 5.82 Å². The molecule has 0 unspecified atom stereocenters. The van der Waals surface area contributed by atoms with Gasteiger partial charge in [0.25, 0.3) is 0 Å². The summed E-state index contributed by atoms with van der Waals surface area (Å²) in [5.41, 5.74) is 6.16. The van der Waals surface area contributed by atoms with Crippen molar-refractivity contribution in [1.82, 2.24) is 15.3 Å². The van der Waals surface area contributed by atoms with Crippen LogP contribution in [-0.4, -0.2) is 36.1 Å². The Labute approximate surface area is 105 Å². The highest BCUT2D eigenvalue weighted by Gasteiger charge is 2.28. The standard InChI is InChI=1S/C11H17N5O2/c1-18-11-8(12)9(15-6-16-11)13-4-5-14-10(17)7-2-3-7/h6-7H,2-5,12H2,1H3,(H,14,17)(H,13,15,16). The maximum absolute atomic E-state index is 11.4. The van der Waals surface area contributed by atoms with Gasteiger partial charge in [-0.3, -0.25) is 4.79 Å². The maximum Gasteiger partial charge on any atom is 0.242 e. The predicted molar refractivity (Wildman–Crippen MR) is 67.2 cm³/mol. The van der Waals surface area contributed by atoms with Crippen molar-refractivity contribution < 1.29 is 9.53 Å². The first-order chi connectivity index (χ1) is 8.72. The molecule has 98 valence electrons. The molecule has 0 bridgehead atoms. The molecule has 1 amide bonds. The molecule has 0 aromatic carbocycles. The van der Waals surface area contributed by atoms with E-state index in [0.717, 1.165) is 12.8 Å². The first kappa shape index (κ1) is 12.4. The largest absolute Gasteiger partial charge is 0.479 e. The molecule has 1 aliphatic carbocycles.